The van der Waals surface area contributed by atoms with Crippen LogP contribution < -0.4 is 5.32 Å². The summed E-state index contributed by atoms with van der Waals surface area (Å²) in [5.41, 5.74) is 3.14. The minimum Gasteiger partial charge on any atom is -0.388 e. The Morgan fingerprint density at radius 3 is 2.75 bits per heavy atom. The number of carbonyl (C=O) groups is 1. The Balaban J connectivity index is 1.71. The number of aryl methyl sites for hydroxylation is 3. The molecule has 0 aliphatic heterocycles. The third-order valence-corrected chi connectivity index (χ3v) is 5.12. The first-order valence-electron chi connectivity index (χ1n) is 9.21. The van der Waals surface area contributed by atoms with E-state index < -0.39 is 5.60 Å². The van der Waals surface area contributed by atoms with Gasteiger partial charge in [-0.3, -0.25) is 14.8 Å². The van der Waals surface area contributed by atoms with Gasteiger partial charge in [0.1, 0.15) is 11.3 Å². The van der Waals surface area contributed by atoms with Crippen LogP contribution in [-0.4, -0.2) is 42.7 Å². The lowest BCUT2D eigenvalue weighted by Gasteiger charge is -2.09. The predicted octanol–water partition coefficient (Wildman–Crippen LogP) is 2.19. The second kappa shape index (κ2) is 6.63. The van der Waals surface area contributed by atoms with Gasteiger partial charge in [-0.2, -0.15) is 0 Å². The highest BCUT2D eigenvalue weighted by molar-refractivity contribution is 6.04. The highest BCUT2D eigenvalue weighted by Gasteiger charge is 2.40. The van der Waals surface area contributed by atoms with Crippen LogP contribution in [0.25, 0.3) is 11.2 Å². The van der Waals surface area contributed by atoms with E-state index in [1.54, 1.807) is 23.9 Å². The molecule has 0 aromatic carbocycles. The van der Waals surface area contributed by atoms with Crippen molar-refractivity contribution in [1.29, 1.82) is 0 Å². The maximum atomic E-state index is 14.0. The molecule has 1 saturated carbocycles. The number of carbonyl (C=O) groups excluding carboxylic acids is 1. The van der Waals surface area contributed by atoms with Gasteiger partial charge in [0.15, 0.2) is 5.65 Å². The van der Waals surface area contributed by atoms with Crippen molar-refractivity contribution in [2.24, 2.45) is 0 Å². The van der Waals surface area contributed by atoms with Gasteiger partial charge in [-0.1, -0.05) is 0 Å². The Morgan fingerprint density at radius 2 is 2.04 bits per heavy atom. The molecule has 4 rings (SSSR count). The molecule has 2 N–H and O–H groups in total. The molecule has 0 unspecified atom stereocenters. The minimum atomic E-state index is -0.779. The van der Waals surface area contributed by atoms with Crippen LogP contribution in [0.1, 0.15) is 45.8 Å². The van der Waals surface area contributed by atoms with E-state index in [9.17, 15) is 14.3 Å². The van der Waals surface area contributed by atoms with Gasteiger partial charge in [-0.15, -0.1) is 0 Å². The van der Waals surface area contributed by atoms with Gasteiger partial charge in [-0.05, 0) is 45.2 Å². The first kappa shape index (κ1) is 18.5. The molecule has 0 saturated heterocycles. The first-order valence-corrected chi connectivity index (χ1v) is 9.21. The summed E-state index contributed by atoms with van der Waals surface area (Å²) in [6, 6.07) is 1.47. The van der Waals surface area contributed by atoms with Crippen LogP contribution in [0, 0.1) is 26.6 Å². The Morgan fingerprint density at radius 1 is 1.29 bits per heavy atom. The van der Waals surface area contributed by atoms with Crippen LogP contribution in [0.3, 0.4) is 0 Å². The summed E-state index contributed by atoms with van der Waals surface area (Å²) in [6.07, 6.45) is 4.67. The topological polar surface area (TPSA) is 92.9 Å². The average Bonchev–Trinajstić information content (AvgIpc) is 3.28. The van der Waals surface area contributed by atoms with E-state index in [4.69, 9.17) is 0 Å². The van der Waals surface area contributed by atoms with Crippen molar-refractivity contribution in [2.45, 2.75) is 45.8 Å². The zero-order valence-electron chi connectivity index (χ0n) is 16.1. The molecular weight excluding hydrogens is 361 g/mol. The van der Waals surface area contributed by atoms with Crippen LogP contribution in [0.5, 0.6) is 0 Å². The fourth-order valence-corrected chi connectivity index (χ4v) is 3.16. The number of pyridine rings is 1. The molecule has 28 heavy (non-hydrogen) atoms. The summed E-state index contributed by atoms with van der Waals surface area (Å²) >= 11 is 0. The molecule has 7 nitrogen and oxygen atoms in total. The van der Waals surface area contributed by atoms with Crippen LogP contribution >= 0.6 is 0 Å². The van der Waals surface area contributed by atoms with Crippen LogP contribution in [0.15, 0.2) is 18.5 Å². The number of nitrogens with zero attached hydrogens (tertiary/aromatic N) is 4. The smallest absolute Gasteiger partial charge is 0.255 e. The second-order valence-electron chi connectivity index (χ2n) is 7.56. The number of amides is 1. The molecule has 146 valence electrons. The van der Waals surface area contributed by atoms with Gasteiger partial charge in [0.2, 0.25) is 0 Å². The zero-order chi connectivity index (χ0) is 20.1. The molecule has 0 atom stereocenters. The van der Waals surface area contributed by atoms with Gasteiger partial charge >= 0.3 is 0 Å². The lowest BCUT2D eigenvalue weighted by Crippen LogP contribution is -2.33. The van der Waals surface area contributed by atoms with Crippen LogP contribution in [0.2, 0.25) is 0 Å². The molecular formula is C20H22FN5O2. The van der Waals surface area contributed by atoms with E-state index >= 15 is 0 Å². The Hall–Kier alpha value is -2.87. The first-order chi connectivity index (χ1) is 13.3. The van der Waals surface area contributed by atoms with Gasteiger partial charge in [0.25, 0.3) is 5.91 Å². The fourth-order valence-electron chi connectivity index (χ4n) is 3.16. The monoisotopic (exact) mass is 383 g/mol. The maximum Gasteiger partial charge on any atom is 0.255 e. The van der Waals surface area contributed by atoms with Crippen molar-refractivity contribution in [3.63, 3.8) is 0 Å². The molecule has 1 aliphatic carbocycles. The summed E-state index contributed by atoms with van der Waals surface area (Å²) < 4.78 is 15.8. The van der Waals surface area contributed by atoms with Crippen LogP contribution in [0.4, 0.5) is 4.39 Å². The molecule has 8 heteroatoms. The highest BCUT2D eigenvalue weighted by Crippen LogP contribution is 2.34. The molecule has 1 fully saturated rings. The molecule has 3 aromatic heterocycles. The molecule has 0 bridgehead atoms. The molecule has 3 heterocycles. The summed E-state index contributed by atoms with van der Waals surface area (Å²) in [5, 5.41) is 12.7. The summed E-state index contributed by atoms with van der Waals surface area (Å²) in [4.78, 5) is 25.8. The SMILES string of the molecule is Cc1cnc2c(C(=O)NCC3(O)CC3)cn(Cc3cc(F)c(C)nc3C)c2n1. The highest BCUT2D eigenvalue weighted by atomic mass is 19.1. The number of hydrogen-bond acceptors (Lipinski definition) is 5. The number of hydrogen-bond donors (Lipinski definition) is 2. The summed E-state index contributed by atoms with van der Waals surface area (Å²) in [7, 11) is 0. The Bertz CT molecular complexity index is 1090. The number of aliphatic hydroxyl groups is 1. The van der Waals surface area contributed by atoms with Crippen molar-refractivity contribution >= 4 is 17.1 Å². The summed E-state index contributed by atoms with van der Waals surface area (Å²) in [5.74, 6) is -0.679. The molecule has 1 amide bonds. The van der Waals surface area contributed by atoms with Crippen molar-refractivity contribution in [3.05, 3.63) is 52.5 Å². The number of rotatable bonds is 5. The predicted molar refractivity (Wildman–Crippen MR) is 102 cm³/mol. The zero-order valence-corrected chi connectivity index (χ0v) is 16.1. The van der Waals surface area contributed by atoms with Crippen molar-refractivity contribution in [1.82, 2.24) is 24.8 Å². The fraction of sp³-hybridized carbons (Fsp3) is 0.400. The third kappa shape index (κ3) is 3.47. The van der Waals surface area contributed by atoms with Crippen molar-refractivity contribution < 1.29 is 14.3 Å². The van der Waals surface area contributed by atoms with Crippen molar-refractivity contribution in [3.8, 4) is 0 Å². The second-order valence-corrected chi connectivity index (χ2v) is 7.56. The van der Waals surface area contributed by atoms with Gasteiger partial charge in [-0.25, -0.2) is 9.37 Å². The lowest BCUT2D eigenvalue weighted by atomic mass is 10.2. The van der Waals surface area contributed by atoms with E-state index in [1.165, 1.54) is 6.07 Å². The standard InChI is InChI=1S/C20H22FN5O2/c1-11-7-22-17-15(19(27)23-10-20(28)4-5-20)9-26(18(17)24-11)8-14-6-16(21)13(3)25-12(14)2/h6-7,9,28H,4-5,8,10H2,1-3H3,(H,23,27). The summed E-state index contributed by atoms with van der Waals surface area (Å²) in [6.45, 7) is 5.81. The van der Waals surface area contributed by atoms with E-state index in [-0.39, 0.29) is 18.3 Å². The number of halogens is 1. The van der Waals surface area contributed by atoms with Gasteiger partial charge < -0.3 is 15.0 Å². The van der Waals surface area contributed by atoms with E-state index in [0.29, 0.717) is 47.4 Å². The quantitative estimate of drug-likeness (QED) is 0.705. The third-order valence-electron chi connectivity index (χ3n) is 5.12. The largest absolute Gasteiger partial charge is 0.388 e. The van der Waals surface area contributed by atoms with Gasteiger partial charge in [0, 0.05) is 24.6 Å². The maximum absolute atomic E-state index is 14.0. The number of nitrogens with one attached hydrogen (secondary N) is 1. The molecule has 3 aromatic rings. The normalized spacial score (nSPS) is 15.0. The van der Waals surface area contributed by atoms with E-state index in [2.05, 4.69) is 20.3 Å². The number of aromatic nitrogens is 4. The Labute approximate surface area is 161 Å². The number of fused-ring (bicyclic) bond motifs is 1. The Kier molecular flexibility index (Phi) is 4.38. The van der Waals surface area contributed by atoms with Crippen molar-refractivity contribution in [2.75, 3.05) is 6.54 Å². The average molecular weight is 383 g/mol. The van der Waals surface area contributed by atoms with E-state index in [0.717, 1.165) is 11.4 Å². The van der Waals surface area contributed by atoms with Gasteiger partial charge in [0.05, 0.1) is 29.1 Å². The minimum absolute atomic E-state index is 0.212. The van der Waals surface area contributed by atoms with E-state index in [1.807, 2.05) is 13.8 Å². The lowest BCUT2D eigenvalue weighted by molar-refractivity contribution is 0.0897. The molecule has 0 radical (unpaired) electrons. The molecule has 1 aliphatic rings. The van der Waals surface area contributed by atoms with Crippen LogP contribution in [-0.2, 0) is 6.54 Å². The molecule has 0 spiro atoms.